The minimum atomic E-state index is -0.344. The Morgan fingerprint density at radius 1 is 1.45 bits per heavy atom. The van der Waals surface area contributed by atoms with Gasteiger partial charge in [-0.15, -0.1) is 0 Å². The van der Waals surface area contributed by atoms with E-state index in [2.05, 4.69) is 10.6 Å². The van der Waals surface area contributed by atoms with E-state index < -0.39 is 0 Å². The molecule has 4 N–H and O–H groups in total. The molecule has 2 rings (SSSR count). The Hall–Kier alpha value is -1.75. The highest BCUT2D eigenvalue weighted by Crippen LogP contribution is 2.24. The number of carbonyl (C=O) groups is 1. The monoisotopic (exact) mass is 277 g/mol. The molecule has 1 unspecified atom stereocenters. The second-order valence-corrected chi connectivity index (χ2v) is 5.15. The van der Waals surface area contributed by atoms with Gasteiger partial charge in [-0.2, -0.15) is 0 Å². The number of rotatable bonds is 7. The summed E-state index contributed by atoms with van der Waals surface area (Å²) in [5, 5.41) is 6.85. The van der Waals surface area contributed by atoms with Crippen molar-refractivity contribution in [3.05, 3.63) is 24.3 Å². The fourth-order valence-corrected chi connectivity index (χ4v) is 2.35. The Morgan fingerprint density at radius 2 is 2.30 bits per heavy atom. The zero-order valence-electron chi connectivity index (χ0n) is 11.7. The summed E-state index contributed by atoms with van der Waals surface area (Å²) in [5.74, 6) is 1.09. The van der Waals surface area contributed by atoms with Crippen LogP contribution in [0.15, 0.2) is 24.3 Å². The van der Waals surface area contributed by atoms with Gasteiger partial charge in [0.15, 0.2) is 0 Å². The summed E-state index contributed by atoms with van der Waals surface area (Å²) in [6.07, 6.45) is 2.73. The number of benzene rings is 1. The van der Waals surface area contributed by atoms with Crippen molar-refractivity contribution in [3.63, 3.8) is 0 Å². The number of para-hydroxylation sites is 2. The lowest BCUT2D eigenvalue weighted by Crippen LogP contribution is -2.33. The van der Waals surface area contributed by atoms with Crippen LogP contribution in [0.3, 0.4) is 0 Å². The van der Waals surface area contributed by atoms with E-state index in [0.717, 1.165) is 31.1 Å². The molecule has 5 nitrogen and oxygen atoms in total. The largest absolute Gasteiger partial charge is 0.491 e. The highest BCUT2D eigenvalue weighted by Gasteiger charge is 2.13. The number of hydrogen-bond acceptors (Lipinski definition) is 4. The topological polar surface area (TPSA) is 76.4 Å². The summed E-state index contributed by atoms with van der Waals surface area (Å²) in [4.78, 5) is 10.7. The van der Waals surface area contributed by atoms with Gasteiger partial charge in [0.25, 0.3) is 0 Å². The molecule has 0 aliphatic carbocycles. The average Bonchev–Trinajstić information content (AvgIpc) is 2.47. The predicted octanol–water partition coefficient (Wildman–Crippen LogP) is 1.35. The van der Waals surface area contributed by atoms with Crippen LogP contribution in [0.5, 0.6) is 5.75 Å². The molecule has 0 aromatic heterocycles. The van der Waals surface area contributed by atoms with Crippen molar-refractivity contribution in [2.75, 3.05) is 31.6 Å². The van der Waals surface area contributed by atoms with Crippen molar-refractivity contribution in [2.24, 2.45) is 11.7 Å². The summed E-state index contributed by atoms with van der Waals surface area (Å²) in [7, 11) is 0. The van der Waals surface area contributed by atoms with Crippen LogP contribution in [0.25, 0.3) is 0 Å². The maximum atomic E-state index is 10.7. The van der Waals surface area contributed by atoms with Crippen molar-refractivity contribution >= 4 is 11.6 Å². The fourth-order valence-electron chi connectivity index (χ4n) is 2.35. The summed E-state index contributed by atoms with van der Waals surface area (Å²) >= 11 is 0. The van der Waals surface area contributed by atoms with Crippen LogP contribution in [0.2, 0.25) is 0 Å². The molecule has 1 heterocycles. The van der Waals surface area contributed by atoms with E-state index in [1.807, 2.05) is 24.3 Å². The molecule has 1 amide bonds. The van der Waals surface area contributed by atoms with Gasteiger partial charge in [-0.3, -0.25) is 4.79 Å². The summed E-state index contributed by atoms with van der Waals surface area (Å²) in [6.45, 7) is 3.45. The number of amides is 1. The lowest BCUT2D eigenvalue weighted by Gasteiger charge is -2.24. The summed E-state index contributed by atoms with van der Waals surface area (Å²) < 4.78 is 5.61. The highest BCUT2D eigenvalue weighted by molar-refractivity contribution is 5.73. The van der Waals surface area contributed by atoms with Gasteiger partial charge in [0.1, 0.15) is 5.75 Å². The van der Waals surface area contributed by atoms with Crippen LogP contribution < -0.4 is 21.1 Å². The minimum absolute atomic E-state index is 0.237. The number of ether oxygens (including phenoxy) is 1. The average molecular weight is 277 g/mol. The van der Waals surface area contributed by atoms with E-state index in [4.69, 9.17) is 10.5 Å². The van der Waals surface area contributed by atoms with Crippen LogP contribution in [-0.4, -0.2) is 32.1 Å². The number of hydrogen-bond donors (Lipinski definition) is 3. The van der Waals surface area contributed by atoms with Gasteiger partial charge in [0.2, 0.25) is 5.91 Å². The fraction of sp³-hybridized carbons (Fsp3) is 0.533. The van der Waals surface area contributed by atoms with E-state index in [1.54, 1.807) is 0 Å². The van der Waals surface area contributed by atoms with Crippen molar-refractivity contribution in [1.82, 2.24) is 5.32 Å². The van der Waals surface area contributed by atoms with Gasteiger partial charge in [-0.1, -0.05) is 12.1 Å². The van der Waals surface area contributed by atoms with Gasteiger partial charge in [0.05, 0.1) is 18.7 Å². The van der Waals surface area contributed by atoms with Crippen LogP contribution in [0.1, 0.15) is 19.3 Å². The second-order valence-electron chi connectivity index (χ2n) is 5.15. The van der Waals surface area contributed by atoms with Crippen LogP contribution >= 0.6 is 0 Å². The molecule has 20 heavy (non-hydrogen) atoms. The molecule has 1 aliphatic rings. The number of piperidine rings is 1. The van der Waals surface area contributed by atoms with Gasteiger partial charge in [0, 0.05) is 6.54 Å². The Balaban J connectivity index is 1.84. The van der Waals surface area contributed by atoms with Gasteiger partial charge >= 0.3 is 0 Å². The lowest BCUT2D eigenvalue weighted by atomic mass is 10.00. The second kappa shape index (κ2) is 7.75. The van der Waals surface area contributed by atoms with Gasteiger partial charge in [-0.25, -0.2) is 0 Å². The zero-order chi connectivity index (χ0) is 14.2. The Morgan fingerprint density at radius 3 is 3.05 bits per heavy atom. The normalized spacial score (nSPS) is 18.5. The quantitative estimate of drug-likeness (QED) is 0.703. The molecule has 0 saturated carbocycles. The van der Waals surface area contributed by atoms with Gasteiger partial charge in [-0.05, 0) is 44.0 Å². The standard InChI is InChI=1S/C15H23N3O2/c16-15(19)7-9-20-14-6-2-1-5-13(14)18-11-12-4-3-8-17-10-12/h1-2,5-6,12,17-18H,3-4,7-11H2,(H2,16,19). The molecule has 5 heteroatoms. The SMILES string of the molecule is NC(=O)CCOc1ccccc1NCC1CCCNC1. The number of nitrogens with one attached hydrogen (secondary N) is 2. The minimum Gasteiger partial charge on any atom is -0.491 e. The molecule has 0 bridgehead atoms. The molecule has 1 aliphatic heterocycles. The zero-order valence-corrected chi connectivity index (χ0v) is 11.7. The maximum Gasteiger partial charge on any atom is 0.220 e. The molecule has 110 valence electrons. The highest BCUT2D eigenvalue weighted by atomic mass is 16.5. The van der Waals surface area contributed by atoms with Crippen LogP contribution in [0.4, 0.5) is 5.69 Å². The summed E-state index contributed by atoms with van der Waals surface area (Å²) in [6, 6.07) is 7.80. The molecular weight excluding hydrogens is 254 g/mol. The lowest BCUT2D eigenvalue weighted by molar-refractivity contribution is -0.118. The Kier molecular flexibility index (Phi) is 5.68. The third kappa shape index (κ3) is 4.74. The third-order valence-corrected chi connectivity index (χ3v) is 3.47. The molecule has 1 aromatic carbocycles. The first-order valence-corrected chi connectivity index (χ1v) is 7.20. The molecule has 1 fully saturated rings. The molecule has 0 radical (unpaired) electrons. The van der Waals surface area contributed by atoms with E-state index in [0.29, 0.717) is 12.5 Å². The van der Waals surface area contributed by atoms with Crippen molar-refractivity contribution < 1.29 is 9.53 Å². The first-order chi connectivity index (χ1) is 9.75. The first kappa shape index (κ1) is 14.7. The van der Waals surface area contributed by atoms with Crippen LogP contribution in [0, 0.1) is 5.92 Å². The Bertz CT molecular complexity index is 431. The van der Waals surface area contributed by atoms with Gasteiger partial charge < -0.3 is 21.1 Å². The number of carbonyl (C=O) groups excluding carboxylic acids is 1. The molecule has 1 atom stereocenters. The first-order valence-electron chi connectivity index (χ1n) is 7.20. The van der Waals surface area contributed by atoms with Crippen molar-refractivity contribution in [2.45, 2.75) is 19.3 Å². The van der Waals surface area contributed by atoms with E-state index in [9.17, 15) is 4.79 Å². The molecular formula is C15H23N3O2. The third-order valence-electron chi connectivity index (χ3n) is 3.47. The van der Waals surface area contributed by atoms with E-state index >= 15 is 0 Å². The Labute approximate surface area is 119 Å². The van der Waals surface area contributed by atoms with Crippen molar-refractivity contribution in [3.8, 4) is 5.75 Å². The predicted molar refractivity (Wildman–Crippen MR) is 79.8 cm³/mol. The van der Waals surface area contributed by atoms with Crippen LogP contribution in [-0.2, 0) is 4.79 Å². The molecule has 0 spiro atoms. The number of primary amides is 1. The number of anilines is 1. The molecule has 1 aromatic rings. The summed E-state index contributed by atoms with van der Waals surface area (Å²) in [5.41, 5.74) is 6.08. The van der Waals surface area contributed by atoms with E-state index in [1.165, 1.54) is 12.8 Å². The smallest absolute Gasteiger partial charge is 0.220 e. The molecule has 1 saturated heterocycles. The number of nitrogens with two attached hydrogens (primary N) is 1. The maximum absolute atomic E-state index is 10.7. The van der Waals surface area contributed by atoms with E-state index in [-0.39, 0.29) is 12.3 Å². The van der Waals surface area contributed by atoms with Crippen molar-refractivity contribution in [1.29, 1.82) is 0 Å².